The van der Waals surface area contributed by atoms with Crippen molar-refractivity contribution < 1.29 is 18.0 Å². The molecule has 23 heavy (non-hydrogen) atoms. The fraction of sp³-hybridized carbons (Fsp3) is 0.235. The van der Waals surface area contributed by atoms with Crippen LogP contribution in [0.3, 0.4) is 0 Å². The van der Waals surface area contributed by atoms with Crippen LogP contribution in [0, 0.1) is 31.3 Å². The van der Waals surface area contributed by atoms with E-state index in [1.807, 2.05) is 32.0 Å². The second-order valence-electron chi connectivity index (χ2n) is 5.20. The molecule has 0 aliphatic carbocycles. The van der Waals surface area contributed by atoms with Gasteiger partial charge >= 0.3 is 0 Å². The molecule has 3 nitrogen and oxygen atoms in total. The summed E-state index contributed by atoms with van der Waals surface area (Å²) in [4.78, 5) is 11.8. The lowest BCUT2D eigenvalue weighted by Gasteiger charge is -2.12. The van der Waals surface area contributed by atoms with Gasteiger partial charge in [0.2, 0.25) is 5.91 Å². The first-order valence-electron chi connectivity index (χ1n) is 7.13. The van der Waals surface area contributed by atoms with Crippen LogP contribution in [0.1, 0.15) is 17.5 Å². The predicted octanol–water partition coefficient (Wildman–Crippen LogP) is 4.16. The van der Waals surface area contributed by atoms with E-state index in [9.17, 15) is 18.0 Å². The average Bonchev–Trinajstić information content (AvgIpc) is 2.52. The molecule has 0 aliphatic rings. The number of rotatable bonds is 5. The summed E-state index contributed by atoms with van der Waals surface area (Å²) in [5, 5.41) is 5.35. The molecule has 0 unspecified atom stereocenters. The summed E-state index contributed by atoms with van der Waals surface area (Å²) in [5.41, 5.74) is 2.75. The highest BCUT2D eigenvalue weighted by molar-refractivity contribution is 5.91. The van der Waals surface area contributed by atoms with Gasteiger partial charge in [-0.2, -0.15) is 0 Å². The van der Waals surface area contributed by atoms with Crippen LogP contribution in [0.4, 0.5) is 24.5 Å². The molecule has 2 aromatic rings. The van der Waals surface area contributed by atoms with Crippen molar-refractivity contribution in [1.82, 2.24) is 0 Å². The van der Waals surface area contributed by atoms with E-state index in [1.165, 1.54) is 0 Å². The van der Waals surface area contributed by atoms with Crippen molar-refractivity contribution in [2.24, 2.45) is 0 Å². The van der Waals surface area contributed by atoms with Gasteiger partial charge in [0, 0.05) is 18.7 Å². The third-order valence-corrected chi connectivity index (χ3v) is 3.58. The van der Waals surface area contributed by atoms with E-state index in [0.29, 0.717) is 6.54 Å². The molecule has 0 bridgehead atoms. The summed E-state index contributed by atoms with van der Waals surface area (Å²) in [6.45, 7) is 4.29. The lowest BCUT2D eigenvalue weighted by molar-refractivity contribution is -0.116. The van der Waals surface area contributed by atoms with Gasteiger partial charge in [0.05, 0.1) is 5.69 Å². The Morgan fingerprint density at radius 2 is 1.74 bits per heavy atom. The van der Waals surface area contributed by atoms with Crippen LogP contribution in [-0.2, 0) is 4.79 Å². The number of carbonyl (C=O) groups is 1. The number of halogens is 3. The Kier molecular flexibility index (Phi) is 5.26. The number of carbonyl (C=O) groups excluding carboxylic acids is 1. The molecule has 0 saturated carbocycles. The number of anilines is 2. The first kappa shape index (κ1) is 16.9. The van der Waals surface area contributed by atoms with Crippen molar-refractivity contribution in [2.75, 3.05) is 17.2 Å². The Bertz CT molecular complexity index is 732. The van der Waals surface area contributed by atoms with Crippen molar-refractivity contribution >= 4 is 17.3 Å². The molecule has 0 aliphatic heterocycles. The van der Waals surface area contributed by atoms with E-state index in [2.05, 4.69) is 10.6 Å². The van der Waals surface area contributed by atoms with Crippen molar-refractivity contribution in [3.05, 3.63) is 58.9 Å². The Morgan fingerprint density at radius 3 is 2.48 bits per heavy atom. The first-order valence-corrected chi connectivity index (χ1v) is 7.13. The van der Waals surface area contributed by atoms with E-state index in [0.717, 1.165) is 28.9 Å². The lowest BCUT2D eigenvalue weighted by atomic mass is 10.1. The monoisotopic (exact) mass is 322 g/mol. The zero-order valence-corrected chi connectivity index (χ0v) is 12.8. The molecule has 0 heterocycles. The zero-order valence-electron chi connectivity index (χ0n) is 12.8. The standard InChI is InChI=1S/C17H17F3N2O/c1-10-4-3-5-13(11(10)2)21-9-8-15(23)22-14-7-6-12(18)16(19)17(14)20/h3-7,21H,8-9H2,1-2H3,(H,22,23). The third kappa shape index (κ3) is 4.03. The molecule has 2 rings (SSSR count). The molecule has 0 saturated heterocycles. The molecule has 0 aromatic heterocycles. The molecule has 122 valence electrons. The van der Waals surface area contributed by atoms with Crippen LogP contribution in [0.2, 0.25) is 0 Å². The van der Waals surface area contributed by atoms with E-state index in [-0.39, 0.29) is 12.1 Å². The Balaban J connectivity index is 1.91. The summed E-state index contributed by atoms with van der Waals surface area (Å²) in [7, 11) is 0. The van der Waals surface area contributed by atoms with Gasteiger partial charge in [0.1, 0.15) is 0 Å². The number of amides is 1. The predicted molar refractivity (Wildman–Crippen MR) is 84.0 cm³/mol. The summed E-state index contributed by atoms with van der Waals surface area (Å²) in [6, 6.07) is 7.54. The lowest BCUT2D eigenvalue weighted by Crippen LogP contribution is -2.17. The SMILES string of the molecule is Cc1cccc(NCCC(=O)Nc2ccc(F)c(F)c2F)c1C. The third-order valence-electron chi connectivity index (χ3n) is 3.58. The van der Waals surface area contributed by atoms with E-state index < -0.39 is 23.4 Å². The van der Waals surface area contributed by atoms with Crippen LogP contribution >= 0.6 is 0 Å². The van der Waals surface area contributed by atoms with Gasteiger partial charge in [0.15, 0.2) is 17.5 Å². The van der Waals surface area contributed by atoms with Crippen molar-refractivity contribution in [2.45, 2.75) is 20.3 Å². The van der Waals surface area contributed by atoms with Gasteiger partial charge in [-0.15, -0.1) is 0 Å². The van der Waals surface area contributed by atoms with Crippen molar-refractivity contribution in [1.29, 1.82) is 0 Å². The van der Waals surface area contributed by atoms with E-state index in [1.54, 1.807) is 0 Å². The summed E-state index contributed by atoms with van der Waals surface area (Å²) in [6.07, 6.45) is 0.0613. The fourth-order valence-electron chi connectivity index (χ4n) is 2.09. The van der Waals surface area contributed by atoms with Gasteiger partial charge in [-0.25, -0.2) is 13.2 Å². The number of nitrogens with one attached hydrogen (secondary N) is 2. The van der Waals surface area contributed by atoms with Crippen LogP contribution in [0.25, 0.3) is 0 Å². The number of benzene rings is 2. The second-order valence-corrected chi connectivity index (χ2v) is 5.20. The highest BCUT2D eigenvalue weighted by Gasteiger charge is 2.15. The smallest absolute Gasteiger partial charge is 0.226 e. The largest absolute Gasteiger partial charge is 0.384 e. The molecular formula is C17H17F3N2O. The van der Waals surface area contributed by atoms with Crippen LogP contribution in [-0.4, -0.2) is 12.5 Å². The molecule has 0 spiro atoms. The van der Waals surface area contributed by atoms with Crippen molar-refractivity contribution in [3.8, 4) is 0 Å². The molecule has 2 N–H and O–H groups in total. The van der Waals surface area contributed by atoms with Gasteiger partial charge in [-0.1, -0.05) is 12.1 Å². The number of aryl methyl sites for hydroxylation is 1. The fourth-order valence-corrected chi connectivity index (χ4v) is 2.09. The molecular weight excluding hydrogens is 305 g/mol. The Hall–Kier alpha value is -2.50. The number of hydrogen-bond donors (Lipinski definition) is 2. The van der Waals surface area contributed by atoms with Gasteiger partial charge in [-0.05, 0) is 43.2 Å². The normalized spacial score (nSPS) is 10.5. The summed E-state index contributed by atoms with van der Waals surface area (Å²) < 4.78 is 39.4. The van der Waals surface area contributed by atoms with E-state index >= 15 is 0 Å². The van der Waals surface area contributed by atoms with Gasteiger partial charge in [0.25, 0.3) is 0 Å². The van der Waals surface area contributed by atoms with Crippen LogP contribution in [0.5, 0.6) is 0 Å². The Morgan fingerprint density at radius 1 is 1.00 bits per heavy atom. The highest BCUT2D eigenvalue weighted by atomic mass is 19.2. The molecule has 0 atom stereocenters. The van der Waals surface area contributed by atoms with Crippen LogP contribution in [0.15, 0.2) is 30.3 Å². The Labute approximate surface area is 132 Å². The zero-order chi connectivity index (χ0) is 17.0. The minimum absolute atomic E-state index is 0.0613. The van der Waals surface area contributed by atoms with Gasteiger partial charge in [-0.3, -0.25) is 4.79 Å². The molecule has 6 heteroatoms. The maximum Gasteiger partial charge on any atom is 0.226 e. The van der Waals surface area contributed by atoms with Crippen molar-refractivity contribution in [3.63, 3.8) is 0 Å². The van der Waals surface area contributed by atoms with Crippen LogP contribution < -0.4 is 10.6 Å². The maximum atomic E-state index is 13.5. The van der Waals surface area contributed by atoms with E-state index in [4.69, 9.17) is 0 Å². The molecule has 1 amide bonds. The minimum atomic E-state index is -1.60. The maximum absolute atomic E-state index is 13.5. The second kappa shape index (κ2) is 7.17. The first-order chi connectivity index (χ1) is 10.9. The highest BCUT2D eigenvalue weighted by Crippen LogP contribution is 2.20. The minimum Gasteiger partial charge on any atom is -0.384 e. The summed E-state index contributed by atoms with van der Waals surface area (Å²) >= 11 is 0. The molecule has 0 fully saturated rings. The average molecular weight is 322 g/mol. The topological polar surface area (TPSA) is 41.1 Å². The molecule has 0 radical (unpaired) electrons. The quantitative estimate of drug-likeness (QED) is 0.812. The molecule has 2 aromatic carbocycles. The number of hydrogen-bond acceptors (Lipinski definition) is 2. The summed E-state index contributed by atoms with van der Waals surface area (Å²) in [5.74, 6) is -4.79. The van der Waals surface area contributed by atoms with Gasteiger partial charge < -0.3 is 10.6 Å².